The van der Waals surface area contributed by atoms with E-state index in [1.807, 2.05) is 71.0 Å². The Bertz CT molecular complexity index is 725. The first-order valence-corrected chi connectivity index (χ1v) is 8.99. The molecular weight excluding hydrogens is 318 g/mol. The molecule has 0 atom stereocenters. The Balaban J connectivity index is 2.15. The number of nitrogens with one attached hydrogen (secondary N) is 1. The molecule has 0 spiro atoms. The molecule has 0 bridgehead atoms. The number of amides is 1. The summed E-state index contributed by atoms with van der Waals surface area (Å²) in [5, 5.41) is 12.9. The first-order chi connectivity index (χ1) is 11.2. The maximum atomic E-state index is 12.2. The standard InChI is InChI=1S/C20H25NO2S/c1-13-10-15(11-14(2)18(13)22)12-24-17-9-7-6-8-16(17)21-19(23)20(3,4)5/h6-11,22H,12H2,1-5H3,(H,21,23). The summed E-state index contributed by atoms with van der Waals surface area (Å²) in [6.07, 6.45) is 0. The van der Waals surface area contributed by atoms with Gasteiger partial charge in [-0.15, -0.1) is 11.8 Å². The number of rotatable bonds is 4. The van der Waals surface area contributed by atoms with Crippen LogP contribution in [0, 0.1) is 19.3 Å². The number of anilines is 1. The number of phenolic OH excluding ortho intramolecular Hbond substituents is 1. The quantitative estimate of drug-likeness (QED) is 0.742. The summed E-state index contributed by atoms with van der Waals surface area (Å²) in [5.41, 5.74) is 3.35. The molecule has 3 nitrogen and oxygen atoms in total. The van der Waals surface area contributed by atoms with Gasteiger partial charge in [0.25, 0.3) is 0 Å². The summed E-state index contributed by atoms with van der Waals surface area (Å²) >= 11 is 1.68. The van der Waals surface area contributed by atoms with E-state index in [4.69, 9.17) is 0 Å². The van der Waals surface area contributed by atoms with Gasteiger partial charge in [-0.05, 0) is 42.7 Å². The molecule has 0 aliphatic heterocycles. The molecule has 2 N–H and O–H groups in total. The van der Waals surface area contributed by atoms with Crippen molar-refractivity contribution in [2.24, 2.45) is 5.41 Å². The molecule has 128 valence electrons. The number of para-hydroxylation sites is 1. The van der Waals surface area contributed by atoms with E-state index in [-0.39, 0.29) is 5.91 Å². The highest BCUT2D eigenvalue weighted by Gasteiger charge is 2.22. The SMILES string of the molecule is Cc1cc(CSc2ccccc2NC(=O)C(C)(C)C)cc(C)c1O. The Morgan fingerprint density at radius 3 is 2.29 bits per heavy atom. The molecule has 24 heavy (non-hydrogen) atoms. The Morgan fingerprint density at radius 1 is 1.12 bits per heavy atom. The summed E-state index contributed by atoms with van der Waals surface area (Å²) in [6, 6.07) is 11.9. The highest BCUT2D eigenvalue weighted by molar-refractivity contribution is 7.98. The molecule has 2 rings (SSSR count). The molecular formula is C20H25NO2S. The molecule has 0 radical (unpaired) electrons. The minimum atomic E-state index is -0.428. The van der Waals surface area contributed by atoms with Crippen LogP contribution in [0.15, 0.2) is 41.3 Å². The highest BCUT2D eigenvalue weighted by Crippen LogP contribution is 2.32. The van der Waals surface area contributed by atoms with E-state index in [0.717, 1.165) is 33.0 Å². The van der Waals surface area contributed by atoms with Gasteiger partial charge in [-0.1, -0.05) is 45.0 Å². The van der Waals surface area contributed by atoms with Gasteiger partial charge in [0.15, 0.2) is 0 Å². The van der Waals surface area contributed by atoms with Crippen LogP contribution in [0.2, 0.25) is 0 Å². The lowest BCUT2D eigenvalue weighted by atomic mass is 9.95. The van der Waals surface area contributed by atoms with Gasteiger partial charge in [0.1, 0.15) is 5.75 Å². The smallest absolute Gasteiger partial charge is 0.229 e. The van der Waals surface area contributed by atoms with Crippen LogP contribution in [0.5, 0.6) is 5.75 Å². The van der Waals surface area contributed by atoms with Crippen LogP contribution >= 0.6 is 11.8 Å². The minimum absolute atomic E-state index is 0.00636. The van der Waals surface area contributed by atoms with Crippen LogP contribution < -0.4 is 5.32 Å². The van der Waals surface area contributed by atoms with Crippen LogP contribution in [-0.2, 0) is 10.5 Å². The monoisotopic (exact) mass is 343 g/mol. The summed E-state index contributed by atoms with van der Waals surface area (Å²) in [5.74, 6) is 1.15. The molecule has 0 unspecified atom stereocenters. The summed E-state index contributed by atoms with van der Waals surface area (Å²) < 4.78 is 0. The second kappa shape index (κ2) is 7.31. The third kappa shape index (κ3) is 4.54. The summed E-state index contributed by atoms with van der Waals surface area (Å²) in [4.78, 5) is 13.3. The zero-order chi connectivity index (χ0) is 17.9. The molecule has 2 aromatic carbocycles. The van der Waals surface area contributed by atoms with Crippen molar-refractivity contribution in [1.82, 2.24) is 0 Å². The summed E-state index contributed by atoms with van der Waals surface area (Å²) in [7, 11) is 0. The lowest BCUT2D eigenvalue weighted by molar-refractivity contribution is -0.123. The molecule has 1 amide bonds. The van der Waals surface area contributed by atoms with Gasteiger partial charge in [0.2, 0.25) is 5.91 Å². The van der Waals surface area contributed by atoms with E-state index in [1.165, 1.54) is 0 Å². The molecule has 0 aliphatic rings. The van der Waals surface area contributed by atoms with E-state index in [2.05, 4.69) is 5.32 Å². The lowest BCUT2D eigenvalue weighted by Gasteiger charge is -2.19. The van der Waals surface area contributed by atoms with Crippen molar-refractivity contribution in [3.63, 3.8) is 0 Å². The maximum absolute atomic E-state index is 12.2. The number of aryl methyl sites for hydroxylation is 2. The molecule has 0 aromatic heterocycles. The van der Waals surface area contributed by atoms with Crippen LogP contribution in [0.25, 0.3) is 0 Å². The number of carbonyl (C=O) groups excluding carboxylic acids is 1. The average molecular weight is 343 g/mol. The molecule has 0 saturated heterocycles. The molecule has 0 heterocycles. The predicted octanol–water partition coefficient (Wildman–Crippen LogP) is 5.29. The van der Waals surface area contributed by atoms with Gasteiger partial charge in [-0.25, -0.2) is 0 Å². The van der Waals surface area contributed by atoms with Crippen LogP contribution in [0.3, 0.4) is 0 Å². The van der Waals surface area contributed by atoms with E-state index in [0.29, 0.717) is 5.75 Å². The van der Waals surface area contributed by atoms with Crippen molar-refractivity contribution in [1.29, 1.82) is 0 Å². The van der Waals surface area contributed by atoms with E-state index >= 15 is 0 Å². The van der Waals surface area contributed by atoms with Crippen molar-refractivity contribution in [2.75, 3.05) is 5.32 Å². The second-order valence-corrected chi connectivity index (χ2v) is 8.08. The number of phenols is 1. The van der Waals surface area contributed by atoms with Crippen LogP contribution in [0.4, 0.5) is 5.69 Å². The zero-order valence-corrected chi connectivity index (χ0v) is 15.8. The van der Waals surface area contributed by atoms with Gasteiger partial charge in [-0.2, -0.15) is 0 Å². The molecule has 0 fully saturated rings. The largest absolute Gasteiger partial charge is 0.507 e. The van der Waals surface area contributed by atoms with Gasteiger partial charge in [0.05, 0.1) is 5.69 Å². The first-order valence-electron chi connectivity index (χ1n) is 8.01. The third-order valence-electron chi connectivity index (χ3n) is 3.76. The topological polar surface area (TPSA) is 49.3 Å². The Morgan fingerprint density at radius 2 is 1.71 bits per heavy atom. The van der Waals surface area contributed by atoms with Crippen molar-refractivity contribution in [2.45, 2.75) is 45.3 Å². The highest BCUT2D eigenvalue weighted by atomic mass is 32.2. The van der Waals surface area contributed by atoms with Gasteiger partial charge < -0.3 is 10.4 Å². The molecule has 0 aliphatic carbocycles. The Labute approximate surface area is 148 Å². The number of aromatic hydroxyl groups is 1. The van der Waals surface area contributed by atoms with Crippen molar-refractivity contribution in [3.05, 3.63) is 53.1 Å². The number of hydrogen-bond donors (Lipinski definition) is 2. The van der Waals surface area contributed by atoms with Crippen molar-refractivity contribution >= 4 is 23.4 Å². The van der Waals surface area contributed by atoms with E-state index in [9.17, 15) is 9.90 Å². The normalized spacial score (nSPS) is 11.4. The van der Waals surface area contributed by atoms with Gasteiger partial charge >= 0.3 is 0 Å². The van der Waals surface area contributed by atoms with Crippen LogP contribution in [-0.4, -0.2) is 11.0 Å². The molecule has 0 saturated carbocycles. The fourth-order valence-corrected chi connectivity index (χ4v) is 3.23. The lowest BCUT2D eigenvalue weighted by Crippen LogP contribution is -2.27. The predicted molar refractivity (Wildman–Crippen MR) is 102 cm³/mol. The zero-order valence-electron chi connectivity index (χ0n) is 14.9. The maximum Gasteiger partial charge on any atom is 0.229 e. The fraction of sp³-hybridized carbons (Fsp3) is 0.350. The second-order valence-electron chi connectivity index (χ2n) is 7.07. The van der Waals surface area contributed by atoms with Crippen molar-refractivity contribution in [3.8, 4) is 5.75 Å². The van der Waals surface area contributed by atoms with Crippen molar-refractivity contribution < 1.29 is 9.90 Å². The third-order valence-corrected chi connectivity index (χ3v) is 4.91. The van der Waals surface area contributed by atoms with E-state index in [1.54, 1.807) is 11.8 Å². The number of carbonyl (C=O) groups is 1. The first kappa shape index (κ1) is 18.4. The number of thioether (sulfide) groups is 1. The van der Waals surface area contributed by atoms with Crippen LogP contribution in [0.1, 0.15) is 37.5 Å². The summed E-state index contributed by atoms with van der Waals surface area (Å²) in [6.45, 7) is 9.53. The molecule has 2 aromatic rings. The number of hydrogen-bond acceptors (Lipinski definition) is 3. The average Bonchev–Trinajstić information content (AvgIpc) is 2.50. The van der Waals surface area contributed by atoms with Gasteiger partial charge in [-0.3, -0.25) is 4.79 Å². The fourth-order valence-electron chi connectivity index (χ4n) is 2.30. The van der Waals surface area contributed by atoms with Gasteiger partial charge in [0, 0.05) is 16.1 Å². The Kier molecular flexibility index (Phi) is 5.60. The minimum Gasteiger partial charge on any atom is -0.507 e. The van der Waals surface area contributed by atoms with E-state index < -0.39 is 5.41 Å². The Hall–Kier alpha value is -1.94. The molecule has 4 heteroatoms. The number of benzene rings is 2.